The van der Waals surface area contributed by atoms with Gasteiger partial charge in [0.25, 0.3) is 0 Å². The van der Waals surface area contributed by atoms with Gasteiger partial charge in [0.2, 0.25) is 5.91 Å². The van der Waals surface area contributed by atoms with Crippen LogP contribution in [0.25, 0.3) is 0 Å². The van der Waals surface area contributed by atoms with Crippen molar-refractivity contribution in [2.75, 3.05) is 27.9 Å². The van der Waals surface area contributed by atoms with Crippen molar-refractivity contribution in [3.8, 4) is 11.5 Å². The van der Waals surface area contributed by atoms with Crippen molar-refractivity contribution in [2.45, 2.75) is 13.0 Å². The van der Waals surface area contributed by atoms with Crippen LogP contribution in [-0.2, 0) is 9.53 Å². The van der Waals surface area contributed by atoms with Crippen molar-refractivity contribution in [1.82, 2.24) is 5.32 Å². The van der Waals surface area contributed by atoms with Crippen LogP contribution in [0.1, 0.15) is 18.5 Å². The maximum atomic E-state index is 11.4. The summed E-state index contributed by atoms with van der Waals surface area (Å²) in [6, 6.07) is 5.43. The Morgan fingerprint density at radius 1 is 1.22 bits per heavy atom. The molecule has 1 unspecified atom stereocenters. The third-order valence-corrected chi connectivity index (χ3v) is 2.56. The van der Waals surface area contributed by atoms with E-state index in [-0.39, 0.29) is 18.6 Å². The maximum Gasteiger partial charge on any atom is 0.246 e. The molecule has 0 heterocycles. The van der Waals surface area contributed by atoms with Crippen LogP contribution >= 0.6 is 0 Å². The van der Waals surface area contributed by atoms with Crippen LogP contribution in [-0.4, -0.2) is 33.8 Å². The van der Waals surface area contributed by atoms with E-state index in [4.69, 9.17) is 14.2 Å². The first-order chi connectivity index (χ1) is 8.62. The second-order valence-electron chi connectivity index (χ2n) is 3.84. The average Bonchev–Trinajstić information content (AvgIpc) is 2.38. The largest absolute Gasteiger partial charge is 0.493 e. The van der Waals surface area contributed by atoms with E-state index in [2.05, 4.69) is 5.32 Å². The fourth-order valence-corrected chi connectivity index (χ4v) is 1.62. The molecule has 0 fully saturated rings. The Kier molecular flexibility index (Phi) is 5.45. The van der Waals surface area contributed by atoms with Gasteiger partial charge in [0.15, 0.2) is 11.5 Å². The molecule has 0 aliphatic carbocycles. The van der Waals surface area contributed by atoms with Crippen molar-refractivity contribution < 1.29 is 19.0 Å². The summed E-state index contributed by atoms with van der Waals surface area (Å²) in [5.41, 5.74) is 0.942. The first-order valence-corrected chi connectivity index (χ1v) is 5.62. The predicted octanol–water partition coefficient (Wildman–Crippen LogP) is 1.53. The fraction of sp³-hybridized carbons (Fsp3) is 0.462. The maximum absolute atomic E-state index is 11.4. The van der Waals surface area contributed by atoms with E-state index in [0.29, 0.717) is 11.5 Å². The van der Waals surface area contributed by atoms with Gasteiger partial charge >= 0.3 is 0 Å². The molecule has 100 valence electrons. The van der Waals surface area contributed by atoms with E-state index in [0.717, 1.165) is 5.56 Å². The summed E-state index contributed by atoms with van der Waals surface area (Å²) in [4.78, 5) is 11.4. The van der Waals surface area contributed by atoms with Gasteiger partial charge in [-0.15, -0.1) is 0 Å². The molecule has 1 amide bonds. The lowest BCUT2D eigenvalue weighted by Crippen LogP contribution is -2.29. The molecule has 1 atom stereocenters. The molecule has 0 spiro atoms. The molecule has 1 rings (SSSR count). The highest BCUT2D eigenvalue weighted by molar-refractivity contribution is 5.77. The molecule has 5 heteroatoms. The van der Waals surface area contributed by atoms with Gasteiger partial charge in [-0.1, -0.05) is 6.07 Å². The van der Waals surface area contributed by atoms with E-state index in [1.807, 2.05) is 25.1 Å². The molecule has 0 aliphatic rings. The second kappa shape index (κ2) is 6.86. The lowest BCUT2D eigenvalue weighted by atomic mass is 10.1. The van der Waals surface area contributed by atoms with Crippen molar-refractivity contribution in [3.63, 3.8) is 0 Å². The van der Waals surface area contributed by atoms with Crippen molar-refractivity contribution in [3.05, 3.63) is 23.8 Å². The molecular formula is C13H19NO4. The zero-order chi connectivity index (χ0) is 13.5. The first-order valence-electron chi connectivity index (χ1n) is 5.62. The van der Waals surface area contributed by atoms with Crippen molar-refractivity contribution in [2.24, 2.45) is 0 Å². The summed E-state index contributed by atoms with van der Waals surface area (Å²) in [6.07, 6.45) is 0. The minimum atomic E-state index is -0.153. The minimum Gasteiger partial charge on any atom is -0.493 e. The van der Waals surface area contributed by atoms with Gasteiger partial charge in [0.05, 0.1) is 20.3 Å². The van der Waals surface area contributed by atoms with Gasteiger partial charge in [0.1, 0.15) is 6.61 Å². The Morgan fingerprint density at radius 3 is 2.44 bits per heavy atom. The lowest BCUT2D eigenvalue weighted by Gasteiger charge is -2.16. The van der Waals surface area contributed by atoms with Crippen molar-refractivity contribution >= 4 is 5.91 Å². The third kappa shape index (κ3) is 3.63. The van der Waals surface area contributed by atoms with Crippen LogP contribution in [0.3, 0.4) is 0 Å². The van der Waals surface area contributed by atoms with Crippen LogP contribution in [0.5, 0.6) is 11.5 Å². The van der Waals surface area contributed by atoms with E-state index >= 15 is 0 Å². The monoisotopic (exact) mass is 253 g/mol. The summed E-state index contributed by atoms with van der Waals surface area (Å²) < 4.78 is 15.1. The fourth-order valence-electron chi connectivity index (χ4n) is 1.62. The Morgan fingerprint density at radius 2 is 1.89 bits per heavy atom. The normalized spacial score (nSPS) is 11.8. The van der Waals surface area contributed by atoms with Crippen LogP contribution in [0.4, 0.5) is 0 Å². The van der Waals surface area contributed by atoms with Gasteiger partial charge in [-0.05, 0) is 24.6 Å². The molecular weight excluding hydrogens is 234 g/mol. The molecule has 0 radical (unpaired) electrons. The SMILES string of the molecule is COCC(=O)NC(C)c1ccc(OC)c(OC)c1. The number of rotatable bonds is 6. The van der Waals surface area contributed by atoms with Crippen LogP contribution in [0.15, 0.2) is 18.2 Å². The molecule has 0 saturated carbocycles. The Hall–Kier alpha value is -1.75. The van der Waals surface area contributed by atoms with Crippen molar-refractivity contribution in [1.29, 1.82) is 0 Å². The summed E-state index contributed by atoms with van der Waals surface area (Å²) in [5, 5.41) is 2.83. The topological polar surface area (TPSA) is 56.8 Å². The number of amides is 1. The van der Waals surface area contributed by atoms with Gasteiger partial charge in [-0.2, -0.15) is 0 Å². The number of nitrogens with one attached hydrogen (secondary N) is 1. The number of hydrogen-bond donors (Lipinski definition) is 1. The molecule has 0 aliphatic heterocycles. The summed E-state index contributed by atoms with van der Waals surface area (Å²) in [7, 11) is 4.65. The van der Waals surface area contributed by atoms with Crippen LogP contribution < -0.4 is 14.8 Å². The number of hydrogen-bond acceptors (Lipinski definition) is 4. The smallest absolute Gasteiger partial charge is 0.246 e. The predicted molar refractivity (Wildman–Crippen MR) is 68.0 cm³/mol. The van der Waals surface area contributed by atoms with E-state index in [9.17, 15) is 4.79 Å². The number of carbonyl (C=O) groups is 1. The molecule has 18 heavy (non-hydrogen) atoms. The highest BCUT2D eigenvalue weighted by atomic mass is 16.5. The van der Waals surface area contributed by atoms with Gasteiger partial charge in [-0.25, -0.2) is 0 Å². The molecule has 0 bridgehead atoms. The Labute approximate surface area is 107 Å². The summed E-state index contributed by atoms with van der Waals surface area (Å²) in [5.74, 6) is 1.15. The Bertz CT molecular complexity index is 406. The Balaban J connectivity index is 2.79. The highest BCUT2D eigenvalue weighted by Crippen LogP contribution is 2.29. The number of benzene rings is 1. The van der Waals surface area contributed by atoms with Crippen LogP contribution in [0, 0.1) is 0 Å². The molecule has 1 aromatic rings. The molecule has 0 aromatic heterocycles. The minimum absolute atomic E-state index is 0.0532. The van der Waals surface area contributed by atoms with E-state index in [1.54, 1.807) is 14.2 Å². The summed E-state index contributed by atoms with van der Waals surface area (Å²) >= 11 is 0. The van der Waals surface area contributed by atoms with Crippen LogP contribution in [0.2, 0.25) is 0 Å². The average molecular weight is 253 g/mol. The zero-order valence-electron chi connectivity index (χ0n) is 11.1. The molecule has 1 aromatic carbocycles. The number of carbonyl (C=O) groups excluding carboxylic acids is 1. The summed E-state index contributed by atoms with van der Waals surface area (Å²) in [6.45, 7) is 1.95. The third-order valence-electron chi connectivity index (χ3n) is 2.56. The second-order valence-corrected chi connectivity index (χ2v) is 3.84. The van der Waals surface area contributed by atoms with Gasteiger partial charge in [0, 0.05) is 7.11 Å². The van der Waals surface area contributed by atoms with E-state index < -0.39 is 0 Å². The first kappa shape index (κ1) is 14.3. The van der Waals surface area contributed by atoms with E-state index in [1.165, 1.54) is 7.11 Å². The lowest BCUT2D eigenvalue weighted by molar-refractivity contribution is -0.125. The quantitative estimate of drug-likeness (QED) is 0.835. The highest BCUT2D eigenvalue weighted by Gasteiger charge is 2.12. The van der Waals surface area contributed by atoms with Gasteiger partial charge < -0.3 is 19.5 Å². The number of ether oxygens (including phenoxy) is 3. The molecule has 5 nitrogen and oxygen atoms in total. The molecule has 1 N–H and O–H groups in total. The zero-order valence-corrected chi connectivity index (χ0v) is 11.1. The number of methoxy groups -OCH3 is 3. The standard InChI is InChI=1S/C13H19NO4/c1-9(14-13(15)8-16-2)10-5-6-11(17-3)12(7-10)18-4/h5-7,9H,8H2,1-4H3,(H,14,15). The molecule has 0 saturated heterocycles. The van der Waals surface area contributed by atoms with Gasteiger partial charge in [-0.3, -0.25) is 4.79 Å².